The first-order valence-corrected chi connectivity index (χ1v) is 9.28. The Hall–Kier alpha value is -1.72. The van der Waals surface area contributed by atoms with E-state index < -0.39 is 0 Å². The van der Waals surface area contributed by atoms with Gasteiger partial charge in [0.15, 0.2) is 11.6 Å². The van der Waals surface area contributed by atoms with Gasteiger partial charge in [0.25, 0.3) is 5.01 Å². The monoisotopic (exact) mass is 424 g/mol. The van der Waals surface area contributed by atoms with E-state index in [1.807, 2.05) is 67.5 Å². The van der Waals surface area contributed by atoms with Crippen LogP contribution in [0.4, 0.5) is 5.69 Å². The largest absolute Gasteiger partial charge is 1.00 e. The molecule has 0 amide bonds. The van der Waals surface area contributed by atoms with Gasteiger partial charge in [-0.1, -0.05) is 34.5 Å². The molecule has 26 heavy (non-hydrogen) atoms. The van der Waals surface area contributed by atoms with E-state index in [0.717, 1.165) is 32.9 Å². The molecule has 0 bridgehead atoms. The molecule has 0 saturated carbocycles. The van der Waals surface area contributed by atoms with Crippen LogP contribution >= 0.6 is 34.5 Å². The van der Waals surface area contributed by atoms with Crippen molar-refractivity contribution in [1.29, 1.82) is 0 Å². The van der Waals surface area contributed by atoms with Gasteiger partial charge in [0.2, 0.25) is 5.52 Å². The van der Waals surface area contributed by atoms with E-state index in [0.29, 0.717) is 5.02 Å². The second-order valence-electron chi connectivity index (χ2n) is 5.75. The highest BCUT2D eigenvalue weighted by atomic mass is 35.5. The van der Waals surface area contributed by atoms with Crippen LogP contribution in [0.15, 0.2) is 54.4 Å². The summed E-state index contributed by atoms with van der Waals surface area (Å²) in [6.45, 7) is 0. The van der Waals surface area contributed by atoms with E-state index in [1.54, 1.807) is 11.3 Å². The first-order valence-electron chi connectivity index (χ1n) is 7.70. The smallest absolute Gasteiger partial charge is 0.262 e. The second kappa shape index (κ2) is 7.49. The van der Waals surface area contributed by atoms with Crippen molar-refractivity contribution in [1.82, 2.24) is 0 Å². The van der Waals surface area contributed by atoms with Crippen LogP contribution in [0.2, 0.25) is 10.0 Å². The lowest BCUT2D eigenvalue weighted by atomic mass is 10.3. The molecule has 0 atom stereocenters. The number of anilines is 1. The van der Waals surface area contributed by atoms with E-state index >= 15 is 0 Å². The van der Waals surface area contributed by atoms with Gasteiger partial charge in [0.1, 0.15) is 11.7 Å². The molecule has 0 radical (unpaired) electrons. The first-order chi connectivity index (χ1) is 12.0. The van der Waals surface area contributed by atoms with Crippen LogP contribution in [-0.4, -0.2) is 7.05 Å². The summed E-state index contributed by atoms with van der Waals surface area (Å²) >= 11 is 13.9. The molecular formula is C19H15Cl3N2OS. The summed E-state index contributed by atoms with van der Waals surface area (Å²) in [5, 5.41) is 2.58. The number of allylic oxidation sites excluding steroid dienone is 2. The Morgan fingerprint density at radius 2 is 1.85 bits per heavy atom. The predicted octanol–water partition coefficient (Wildman–Crippen LogP) is 2.42. The van der Waals surface area contributed by atoms with Gasteiger partial charge in [-0.25, -0.2) is 0 Å². The fourth-order valence-electron chi connectivity index (χ4n) is 2.78. The fraction of sp³-hybridized carbons (Fsp3) is 0.105. The number of ether oxygens (including phenoxy) is 1. The Morgan fingerprint density at radius 3 is 2.65 bits per heavy atom. The number of aromatic nitrogens is 1. The average Bonchev–Trinajstić information content (AvgIpc) is 3.06. The van der Waals surface area contributed by atoms with Gasteiger partial charge in [-0.05, 0) is 42.5 Å². The summed E-state index contributed by atoms with van der Waals surface area (Å²) in [4.78, 5) is 1.98. The maximum atomic E-state index is 6.09. The van der Waals surface area contributed by atoms with Crippen molar-refractivity contribution >= 4 is 56.5 Å². The lowest BCUT2D eigenvalue weighted by Crippen LogP contribution is -3.00. The van der Waals surface area contributed by atoms with Gasteiger partial charge in [0, 0.05) is 29.2 Å². The summed E-state index contributed by atoms with van der Waals surface area (Å²) in [5.74, 6) is 1.58. The van der Waals surface area contributed by atoms with Crippen molar-refractivity contribution in [2.75, 3.05) is 11.9 Å². The van der Waals surface area contributed by atoms with Crippen LogP contribution in [0.3, 0.4) is 0 Å². The van der Waals surface area contributed by atoms with Crippen molar-refractivity contribution in [3.05, 3.63) is 69.5 Å². The van der Waals surface area contributed by atoms with E-state index in [9.17, 15) is 0 Å². The van der Waals surface area contributed by atoms with Crippen LogP contribution in [0.25, 0.3) is 16.3 Å². The minimum Gasteiger partial charge on any atom is -1.00 e. The highest BCUT2D eigenvalue weighted by Crippen LogP contribution is 2.39. The van der Waals surface area contributed by atoms with Gasteiger partial charge >= 0.3 is 0 Å². The third-order valence-corrected chi connectivity index (χ3v) is 5.79. The Labute approximate surface area is 172 Å². The number of hydrogen-bond acceptors (Lipinski definition) is 3. The number of benzene rings is 2. The van der Waals surface area contributed by atoms with Crippen LogP contribution in [0.1, 0.15) is 5.01 Å². The first kappa shape index (κ1) is 19.1. The number of halogens is 3. The highest BCUT2D eigenvalue weighted by Gasteiger charge is 2.22. The van der Waals surface area contributed by atoms with Crippen molar-refractivity contribution in [2.24, 2.45) is 7.05 Å². The van der Waals surface area contributed by atoms with Gasteiger partial charge in [-0.3, -0.25) is 0 Å². The molecule has 0 aliphatic carbocycles. The SMILES string of the molecule is CN1/C(=C/C=C/c2sc3ccc(Cl)cc3[n+]2C)Oc2ccc(Cl)cc21.[Cl-]. The summed E-state index contributed by atoms with van der Waals surface area (Å²) in [6.07, 6.45) is 6.01. The summed E-state index contributed by atoms with van der Waals surface area (Å²) < 4.78 is 9.21. The van der Waals surface area contributed by atoms with Crippen LogP contribution in [-0.2, 0) is 7.05 Å². The van der Waals surface area contributed by atoms with Crippen molar-refractivity contribution in [2.45, 2.75) is 0 Å². The van der Waals surface area contributed by atoms with Gasteiger partial charge in [0.05, 0.1) is 5.69 Å². The van der Waals surface area contributed by atoms with Crippen molar-refractivity contribution < 1.29 is 21.7 Å². The Bertz CT molecular complexity index is 1040. The molecule has 2 heterocycles. The third-order valence-electron chi connectivity index (χ3n) is 4.13. The van der Waals surface area contributed by atoms with Crippen molar-refractivity contribution in [3.8, 4) is 5.75 Å². The van der Waals surface area contributed by atoms with E-state index in [2.05, 4.69) is 10.6 Å². The summed E-state index contributed by atoms with van der Waals surface area (Å²) in [7, 11) is 4.00. The molecule has 0 spiro atoms. The number of thiazole rings is 1. The molecule has 7 heteroatoms. The molecule has 4 rings (SSSR count). The van der Waals surface area contributed by atoms with Gasteiger partial charge in [-0.15, -0.1) is 0 Å². The molecule has 2 aromatic carbocycles. The summed E-state index contributed by atoms with van der Waals surface area (Å²) in [5.41, 5.74) is 2.09. The van der Waals surface area contributed by atoms with Gasteiger partial charge in [-0.2, -0.15) is 4.57 Å². The third kappa shape index (κ3) is 3.42. The van der Waals surface area contributed by atoms with E-state index in [1.165, 1.54) is 4.70 Å². The number of aryl methyl sites for hydroxylation is 1. The summed E-state index contributed by atoms with van der Waals surface area (Å²) in [6, 6.07) is 11.6. The standard InChI is InChI=1S/C19H15Cl2N2OS.ClH/c1-22-14-10-12(20)6-8-16(14)24-18(22)4-3-5-19-23(2)15-11-13(21)7-9-17(15)25-19;/h3-11H,1-2H3;1H/q+1;/p-1. The second-order valence-corrected chi connectivity index (χ2v) is 7.68. The topological polar surface area (TPSA) is 16.4 Å². The number of nitrogens with zero attached hydrogens (tertiary/aromatic N) is 2. The molecule has 1 aliphatic rings. The number of fused-ring (bicyclic) bond motifs is 2. The molecule has 3 aromatic rings. The molecule has 0 saturated heterocycles. The zero-order valence-corrected chi connectivity index (χ0v) is 17.1. The normalized spacial score (nSPS) is 14.8. The minimum absolute atomic E-state index is 0. The highest BCUT2D eigenvalue weighted by molar-refractivity contribution is 7.18. The average molecular weight is 426 g/mol. The molecule has 1 aromatic heterocycles. The van der Waals surface area contributed by atoms with E-state index in [-0.39, 0.29) is 12.4 Å². The Morgan fingerprint density at radius 1 is 1.12 bits per heavy atom. The molecule has 134 valence electrons. The zero-order chi connectivity index (χ0) is 17.6. The van der Waals surface area contributed by atoms with Crippen LogP contribution in [0, 0.1) is 0 Å². The maximum Gasteiger partial charge on any atom is 0.262 e. The molecule has 0 fully saturated rings. The quantitative estimate of drug-likeness (QED) is 0.586. The van der Waals surface area contributed by atoms with E-state index in [4.69, 9.17) is 27.9 Å². The van der Waals surface area contributed by atoms with Crippen LogP contribution < -0.4 is 26.6 Å². The van der Waals surface area contributed by atoms with Crippen molar-refractivity contribution in [3.63, 3.8) is 0 Å². The number of rotatable bonds is 2. The lowest BCUT2D eigenvalue weighted by molar-refractivity contribution is -0.642. The molecule has 0 unspecified atom stereocenters. The molecule has 1 aliphatic heterocycles. The number of hydrogen-bond donors (Lipinski definition) is 0. The van der Waals surface area contributed by atoms with Crippen LogP contribution in [0.5, 0.6) is 5.75 Å². The molecule has 0 N–H and O–H groups in total. The Balaban J connectivity index is 0.00000196. The Kier molecular flexibility index (Phi) is 5.49. The predicted molar refractivity (Wildman–Crippen MR) is 106 cm³/mol. The molecular weight excluding hydrogens is 411 g/mol. The maximum absolute atomic E-state index is 6.09. The fourth-order valence-corrected chi connectivity index (χ4v) is 4.16. The zero-order valence-electron chi connectivity index (χ0n) is 14.0. The lowest BCUT2D eigenvalue weighted by Gasteiger charge is -2.09. The van der Waals surface area contributed by atoms with Gasteiger partial charge < -0.3 is 22.0 Å². The minimum atomic E-state index is 0. The molecule has 3 nitrogen and oxygen atoms in total.